The summed E-state index contributed by atoms with van der Waals surface area (Å²) in [6.45, 7) is 2.86. The monoisotopic (exact) mass is 285 g/mol. The van der Waals surface area contributed by atoms with Crippen LogP contribution in [0.2, 0.25) is 0 Å². The number of amidine groups is 1. The van der Waals surface area contributed by atoms with Gasteiger partial charge < -0.3 is 10.6 Å². The second kappa shape index (κ2) is 6.88. The number of nitrogens with one attached hydrogen (secondary N) is 1. The zero-order chi connectivity index (χ0) is 15.2. The lowest BCUT2D eigenvalue weighted by Gasteiger charge is -2.25. The highest BCUT2D eigenvalue weighted by Crippen LogP contribution is 2.28. The molecule has 0 spiro atoms. The van der Waals surface area contributed by atoms with Gasteiger partial charge in [-0.25, -0.2) is 4.39 Å². The Morgan fingerprint density at radius 1 is 1.19 bits per heavy atom. The van der Waals surface area contributed by atoms with E-state index in [9.17, 15) is 4.39 Å². The summed E-state index contributed by atoms with van der Waals surface area (Å²) >= 11 is 0. The highest BCUT2D eigenvalue weighted by Gasteiger charge is 2.14. The summed E-state index contributed by atoms with van der Waals surface area (Å²) in [5, 5.41) is 7.38. The number of para-hydroxylation sites is 1. The first-order valence-corrected chi connectivity index (χ1v) is 7.10. The van der Waals surface area contributed by atoms with E-state index in [1.807, 2.05) is 35.2 Å². The van der Waals surface area contributed by atoms with E-state index in [4.69, 9.17) is 11.1 Å². The van der Waals surface area contributed by atoms with Gasteiger partial charge in [0, 0.05) is 17.8 Å². The molecule has 4 heteroatoms. The largest absolute Gasteiger partial charge is 0.384 e. The molecule has 0 aliphatic rings. The minimum Gasteiger partial charge on any atom is -0.384 e. The maximum absolute atomic E-state index is 14.4. The number of benzene rings is 2. The number of nitrogen functional groups attached to an aromatic ring is 1. The number of hydrogen-bond donors (Lipinski definition) is 2. The molecule has 2 aromatic rings. The van der Waals surface area contributed by atoms with Crippen LogP contribution in [0, 0.1) is 11.2 Å². The predicted octanol–water partition coefficient (Wildman–Crippen LogP) is 4.05. The highest BCUT2D eigenvalue weighted by atomic mass is 19.1. The summed E-state index contributed by atoms with van der Waals surface area (Å²) in [6, 6.07) is 14.4. The van der Waals surface area contributed by atoms with Gasteiger partial charge in [0.15, 0.2) is 0 Å². The van der Waals surface area contributed by atoms with Crippen molar-refractivity contribution in [1.29, 1.82) is 5.41 Å². The van der Waals surface area contributed by atoms with Crippen LogP contribution in [0.1, 0.15) is 25.3 Å². The van der Waals surface area contributed by atoms with Crippen LogP contribution in [0.15, 0.2) is 48.5 Å². The van der Waals surface area contributed by atoms with Crippen molar-refractivity contribution in [1.82, 2.24) is 0 Å². The molecule has 0 atom stereocenters. The summed E-state index contributed by atoms with van der Waals surface area (Å²) in [6.07, 6.45) is 2.01. The molecule has 3 nitrogen and oxygen atoms in total. The molecule has 2 aromatic carbocycles. The number of anilines is 2. The summed E-state index contributed by atoms with van der Waals surface area (Å²) in [5.41, 5.74) is 7.28. The topological polar surface area (TPSA) is 53.1 Å². The second-order valence-corrected chi connectivity index (χ2v) is 4.92. The van der Waals surface area contributed by atoms with Crippen molar-refractivity contribution in [2.24, 2.45) is 5.73 Å². The number of halogens is 1. The summed E-state index contributed by atoms with van der Waals surface area (Å²) in [4.78, 5) is 1.96. The average molecular weight is 285 g/mol. The fourth-order valence-corrected chi connectivity index (χ4v) is 2.21. The number of rotatable bonds is 6. The third-order valence-corrected chi connectivity index (χ3v) is 3.35. The van der Waals surface area contributed by atoms with Gasteiger partial charge in [-0.2, -0.15) is 0 Å². The zero-order valence-corrected chi connectivity index (χ0v) is 12.1. The van der Waals surface area contributed by atoms with E-state index < -0.39 is 0 Å². The van der Waals surface area contributed by atoms with Crippen molar-refractivity contribution in [3.05, 3.63) is 59.9 Å². The summed E-state index contributed by atoms with van der Waals surface area (Å²) < 4.78 is 14.4. The van der Waals surface area contributed by atoms with E-state index in [0.717, 1.165) is 25.1 Å². The van der Waals surface area contributed by atoms with Gasteiger partial charge in [-0.15, -0.1) is 0 Å². The Labute approximate surface area is 124 Å². The Morgan fingerprint density at radius 2 is 1.90 bits per heavy atom. The van der Waals surface area contributed by atoms with Crippen LogP contribution in [0.4, 0.5) is 15.8 Å². The molecule has 3 N–H and O–H groups in total. The summed E-state index contributed by atoms with van der Waals surface area (Å²) in [7, 11) is 0. The van der Waals surface area contributed by atoms with Crippen LogP contribution in [0.3, 0.4) is 0 Å². The lowest BCUT2D eigenvalue weighted by Crippen LogP contribution is -2.20. The normalized spacial score (nSPS) is 10.4. The molecule has 2 rings (SSSR count). The van der Waals surface area contributed by atoms with Gasteiger partial charge in [-0.1, -0.05) is 31.5 Å². The number of nitrogens with two attached hydrogens (primary N) is 1. The molecule has 0 saturated heterocycles. The average Bonchev–Trinajstić information content (AvgIpc) is 2.50. The van der Waals surface area contributed by atoms with Gasteiger partial charge >= 0.3 is 0 Å². The third kappa shape index (κ3) is 3.60. The molecular weight excluding hydrogens is 265 g/mol. The van der Waals surface area contributed by atoms with Crippen molar-refractivity contribution in [2.45, 2.75) is 19.8 Å². The first-order chi connectivity index (χ1) is 10.1. The Kier molecular flexibility index (Phi) is 4.93. The molecule has 21 heavy (non-hydrogen) atoms. The predicted molar refractivity (Wildman–Crippen MR) is 85.8 cm³/mol. The van der Waals surface area contributed by atoms with E-state index in [-0.39, 0.29) is 11.7 Å². The lowest BCUT2D eigenvalue weighted by molar-refractivity contribution is 0.622. The van der Waals surface area contributed by atoms with E-state index in [2.05, 4.69) is 6.92 Å². The highest BCUT2D eigenvalue weighted by molar-refractivity contribution is 5.95. The Morgan fingerprint density at radius 3 is 2.48 bits per heavy atom. The smallest absolute Gasteiger partial charge is 0.147 e. The number of unbranched alkanes of at least 4 members (excludes halogenated alkanes) is 1. The van der Waals surface area contributed by atoms with Crippen molar-refractivity contribution in [3.8, 4) is 0 Å². The van der Waals surface area contributed by atoms with Crippen LogP contribution in [0.25, 0.3) is 0 Å². The third-order valence-electron chi connectivity index (χ3n) is 3.35. The maximum Gasteiger partial charge on any atom is 0.147 e. The number of nitrogens with zero attached hydrogens (tertiary/aromatic N) is 1. The standard InChI is InChI=1S/C17H20FN3/c1-2-3-11-21(14-7-5-4-6-8-14)16-10-9-13(17(19)20)12-15(16)18/h4-10,12H,2-3,11H2,1H3,(H3,19,20). The van der Waals surface area contributed by atoms with E-state index in [1.54, 1.807) is 12.1 Å². The van der Waals surface area contributed by atoms with Crippen molar-refractivity contribution >= 4 is 17.2 Å². The van der Waals surface area contributed by atoms with Crippen LogP contribution in [0.5, 0.6) is 0 Å². The molecule has 0 heterocycles. The Hall–Kier alpha value is -2.36. The van der Waals surface area contributed by atoms with Crippen molar-refractivity contribution in [3.63, 3.8) is 0 Å². The van der Waals surface area contributed by atoms with E-state index >= 15 is 0 Å². The molecule has 0 saturated carbocycles. The zero-order valence-electron chi connectivity index (χ0n) is 12.1. The van der Waals surface area contributed by atoms with E-state index in [0.29, 0.717) is 11.3 Å². The van der Waals surface area contributed by atoms with Gasteiger partial charge in [-0.05, 0) is 36.8 Å². The Bertz CT molecular complexity index is 611. The maximum atomic E-state index is 14.4. The molecule has 0 bridgehead atoms. The molecular formula is C17H20FN3. The quantitative estimate of drug-likeness (QED) is 0.621. The summed E-state index contributed by atoms with van der Waals surface area (Å²) in [5.74, 6) is -0.483. The van der Waals surface area contributed by atoms with Crippen LogP contribution in [-0.4, -0.2) is 12.4 Å². The van der Waals surface area contributed by atoms with Crippen LogP contribution >= 0.6 is 0 Å². The molecule has 0 aliphatic carbocycles. The first-order valence-electron chi connectivity index (χ1n) is 7.10. The lowest BCUT2D eigenvalue weighted by atomic mass is 10.1. The molecule has 0 fully saturated rings. The molecule has 110 valence electrons. The molecule has 0 radical (unpaired) electrons. The van der Waals surface area contributed by atoms with Gasteiger partial charge in [0.1, 0.15) is 11.7 Å². The van der Waals surface area contributed by atoms with E-state index in [1.165, 1.54) is 6.07 Å². The van der Waals surface area contributed by atoms with Gasteiger partial charge in [0.25, 0.3) is 0 Å². The molecule has 0 amide bonds. The number of hydrogen-bond acceptors (Lipinski definition) is 2. The van der Waals surface area contributed by atoms with Crippen LogP contribution < -0.4 is 10.6 Å². The first kappa shape index (κ1) is 15.0. The molecule has 0 aromatic heterocycles. The fourth-order valence-electron chi connectivity index (χ4n) is 2.21. The SMILES string of the molecule is CCCCN(c1ccccc1)c1ccc(C(=N)N)cc1F. The van der Waals surface area contributed by atoms with Gasteiger partial charge in [0.05, 0.1) is 5.69 Å². The second-order valence-electron chi connectivity index (χ2n) is 4.92. The van der Waals surface area contributed by atoms with Gasteiger partial charge in [-0.3, -0.25) is 5.41 Å². The molecule has 0 unspecified atom stereocenters. The van der Waals surface area contributed by atoms with Gasteiger partial charge in [0.2, 0.25) is 0 Å². The Balaban J connectivity index is 2.39. The van der Waals surface area contributed by atoms with Crippen molar-refractivity contribution < 1.29 is 4.39 Å². The van der Waals surface area contributed by atoms with Crippen molar-refractivity contribution in [2.75, 3.05) is 11.4 Å². The molecule has 0 aliphatic heterocycles. The minimum atomic E-state index is -0.359. The fraction of sp³-hybridized carbons (Fsp3) is 0.235. The van der Waals surface area contributed by atoms with Crippen LogP contribution in [-0.2, 0) is 0 Å². The minimum absolute atomic E-state index is 0.125.